The number of phenols is 1. The van der Waals surface area contributed by atoms with Gasteiger partial charge in [0.2, 0.25) is 10.0 Å². The number of nitrogens with zero attached hydrogens (tertiary/aromatic N) is 1. The largest absolute Gasteiger partial charge is 0.507 e. The molecule has 0 aliphatic carbocycles. The molecule has 2 rings (SSSR count). The molecule has 0 aliphatic rings. The predicted molar refractivity (Wildman–Crippen MR) is 106 cm³/mol. The van der Waals surface area contributed by atoms with Crippen molar-refractivity contribution in [3.8, 4) is 11.5 Å². The summed E-state index contributed by atoms with van der Waals surface area (Å²) in [7, 11) is 0.385. The van der Waals surface area contributed by atoms with Crippen molar-refractivity contribution >= 4 is 39.2 Å². The van der Waals surface area contributed by atoms with Gasteiger partial charge in [0, 0.05) is 19.1 Å². The van der Waals surface area contributed by atoms with Gasteiger partial charge in [0.15, 0.2) is 6.61 Å². The number of carbonyl (C=O) groups excluding carboxylic acids is 2. The summed E-state index contributed by atoms with van der Waals surface area (Å²) in [5, 5.41) is 12.4. The minimum Gasteiger partial charge on any atom is -0.507 e. The second-order valence-electron chi connectivity index (χ2n) is 5.94. The third-order valence-electron chi connectivity index (χ3n) is 3.74. The van der Waals surface area contributed by atoms with Crippen LogP contribution in [-0.2, 0) is 19.6 Å². The van der Waals surface area contributed by atoms with Gasteiger partial charge >= 0.3 is 5.97 Å². The number of halogens is 1. The topological polar surface area (TPSA) is 122 Å². The normalized spacial score (nSPS) is 11.2. The van der Waals surface area contributed by atoms with Gasteiger partial charge in [0.1, 0.15) is 17.1 Å². The Morgan fingerprint density at radius 3 is 2.45 bits per heavy atom. The smallest absolute Gasteiger partial charge is 0.342 e. The number of anilines is 1. The Kier molecular flexibility index (Phi) is 7.07. The molecule has 2 aromatic carbocycles. The lowest BCUT2D eigenvalue weighted by Gasteiger charge is -2.15. The number of hydrogen-bond donors (Lipinski definition) is 2. The number of benzene rings is 2. The van der Waals surface area contributed by atoms with Crippen LogP contribution in [0.4, 0.5) is 5.69 Å². The van der Waals surface area contributed by atoms with Crippen LogP contribution in [0, 0.1) is 0 Å². The third-order valence-corrected chi connectivity index (χ3v) is 5.78. The third kappa shape index (κ3) is 5.37. The van der Waals surface area contributed by atoms with Crippen LogP contribution >= 0.6 is 11.6 Å². The Morgan fingerprint density at radius 1 is 1.17 bits per heavy atom. The SMILES string of the molecule is COc1ccc(S(=O)(=O)N(C)C)cc1NC(=O)COC(=O)c1ccc(Cl)cc1O. The number of hydrogen-bond acceptors (Lipinski definition) is 7. The Hall–Kier alpha value is -2.82. The molecule has 0 saturated heterocycles. The van der Waals surface area contributed by atoms with E-state index in [-0.39, 0.29) is 32.7 Å². The first-order valence-electron chi connectivity index (χ1n) is 8.12. The summed E-state index contributed by atoms with van der Waals surface area (Å²) < 4.78 is 35.6. The number of phenolic OH excluding ortho intramolecular Hbond substituents is 1. The van der Waals surface area contributed by atoms with Crippen LogP contribution in [0.3, 0.4) is 0 Å². The molecule has 0 aliphatic heterocycles. The molecule has 0 heterocycles. The number of esters is 1. The highest BCUT2D eigenvalue weighted by Gasteiger charge is 2.20. The molecule has 0 bridgehead atoms. The second kappa shape index (κ2) is 9.12. The van der Waals surface area contributed by atoms with Crippen molar-refractivity contribution in [2.45, 2.75) is 4.90 Å². The molecule has 1 amide bonds. The highest BCUT2D eigenvalue weighted by atomic mass is 35.5. The van der Waals surface area contributed by atoms with Crippen molar-refractivity contribution in [2.75, 3.05) is 33.1 Å². The van der Waals surface area contributed by atoms with Crippen LogP contribution < -0.4 is 10.1 Å². The maximum absolute atomic E-state index is 12.3. The van der Waals surface area contributed by atoms with E-state index in [0.717, 1.165) is 4.31 Å². The highest BCUT2D eigenvalue weighted by molar-refractivity contribution is 7.89. The zero-order valence-corrected chi connectivity index (χ0v) is 17.4. The lowest BCUT2D eigenvalue weighted by Crippen LogP contribution is -2.23. The maximum Gasteiger partial charge on any atom is 0.342 e. The van der Waals surface area contributed by atoms with Gasteiger partial charge in [-0.1, -0.05) is 11.6 Å². The molecule has 11 heteroatoms. The minimum atomic E-state index is -3.73. The molecule has 9 nitrogen and oxygen atoms in total. The van der Waals surface area contributed by atoms with E-state index in [9.17, 15) is 23.1 Å². The molecule has 0 fully saturated rings. The monoisotopic (exact) mass is 442 g/mol. The zero-order valence-electron chi connectivity index (χ0n) is 15.8. The van der Waals surface area contributed by atoms with Gasteiger partial charge in [-0.25, -0.2) is 17.5 Å². The lowest BCUT2D eigenvalue weighted by atomic mass is 10.2. The van der Waals surface area contributed by atoms with Crippen LogP contribution in [0.2, 0.25) is 5.02 Å². The summed E-state index contributed by atoms with van der Waals surface area (Å²) >= 11 is 5.70. The van der Waals surface area contributed by atoms with E-state index in [2.05, 4.69) is 5.32 Å². The molecule has 2 aromatic rings. The van der Waals surface area contributed by atoms with E-state index in [4.69, 9.17) is 21.1 Å². The van der Waals surface area contributed by atoms with Gasteiger partial charge in [-0.15, -0.1) is 0 Å². The first-order chi connectivity index (χ1) is 13.6. The van der Waals surface area contributed by atoms with Gasteiger partial charge < -0.3 is 19.9 Å². The molecular formula is C18H19ClN2O7S. The number of carbonyl (C=O) groups is 2. The maximum atomic E-state index is 12.3. The van der Waals surface area contributed by atoms with Gasteiger partial charge in [-0.05, 0) is 36.4 Å². The summed E-state index contributed by atoms with van der Waals surface area (Å²) in [4.78, 5) is 24.1. The average Bonchev–Trinajstić information content (AvgIpc) is 2.65. The Bertz CT molecular complexity index is 1040. The van der Waals surface area contributed by atoms with Crippen LogP contribution in [0.15, 0.2) is 41.3 Å². The fraction of sp³-hybridized carbons (Fsp3) is 0.222. The average molecular weight is 443 g/mol. The fourth-order valence-corrected chi connectivity index (χ4v) is 3.32. The van der Waals surface area contributed by atoms with Crippen LogP contribution in [0.25, 0.3) is 0 Å². The minimum absolute atomic E-state index is 0.0540. The molecule has 29 heavy (non-hydrogen) atoms. The molecule has 0 radical (unpaired) electrons. The molecule has 0 saturated carbocycles. The van der Waals surface area contributed by atoms with E-state index in [1.165, 1.54) is 57.6 Å². The Balaban J connectivity index is 2.12. The predicted octanol–water partition coefficient (Wildman–Crippen LogP) is 2.10. The summed E-state index contributed by atoms with van der Waals surface area (Å²) in [6.07, 6.45) is 0. The number of ether oxygens (including phenoxy) is 2. The zero-order chi connectivity index (χ0) is 21.8. The van der Waals surface area contributed by atoms with E-state index in [1.54, 1.807) is 0 Å². The van der Waals surface area contributed by atoms with Crippen LogP contribution in [0.1, 0.15) is 10.4 Å². The van der Waals surface area contributed by atoms with Crippen LogP contribution in [0.5, 0.6) is 11.5 Å². The first-order valence-corrected chi connectivity index (χ1v) is 9.94. The van der Waals surface area contributed by atoms with Gasteiger partial charge in [0.25, 0.3) is 5.91 Å². The highest BCUT2D eigenvalue weighted by Crippen LogP contribution is 2.28. The first kappa shape index (κ1) is 22.5. The number of methoxy groups -OCH3 is 1. The van der Waals surface area contributed by atoms with Crippen LogP contribution in [-0.4, -0.2) is 57.5 Å². The molecule has 0 aromatic heterocycles. The van der Waals surface area contributed by atoms with Crippen molar-refractivity contribution in [3.63, 3.8) is 0 Å². The summed E-state index contributed by atoms with van der Waals surface area (Å²) in [5.41, 5.74) is -0.0651. The van der Waals surface area contributed by atoms with E-state index in [0.29, 0.717) is 0 Å². The summed E-state index contributed by atoms with van der Waals surface area (Å²) in [5.74, 6) is -1.82. The number of aromatic hydroxyl groups is 1. The van der Waals surface area contributed by atoms with Gasteiger partial charge in [0.05, 0.1) is 17.7 Å². The van der Waals surface area contributed by atoms with Gasteiger partial charge in [-0.2, -0.15) is 0 Å². The second-order valence-corrected chi connectivity index (χ2v) is 8.52. The number of amides is 1. The van der Waals surface area contributed by atoms with E-state index < -0.39 is 28.5 Å². The Morgan fingerprint density at radius 2 is 1.86 bits per heavy atom. The van der Waals surface area contributed by atoms with E-state index in [1.807, 2.05) is 0 Å². The molecule has 2 N–H and O–H groups in total. The van der Waals surface area contributed by atoms with Crippen molar-refractivity contribution in [1.82, 2.24) is 4.31 Å². The Labute approximate surface area is 172 Å². The molecule has 0 spiro atoms. The molecule has 0 atom stereocenters. The quantitative estimate of drug-likeness (QED) is 0.629. The van der Waals surface area contributed by atoms with Crippen molar-refractivity contribution in [3.05, 3.63) is 47.0 Å². The molecule has 0 unspecified atom stereocenters. The van der Waals surface area contributed by atoms with Crippen molar-refractivity contribution < 1.29 is 32.6 Å². The van der Waals surface area contributed by atoms with E-state index >= 15 is 0 Å². The van der Waals surface area contributed by atoms with Crippen molar-refractivity contribution in [2.24, 2.45) is 0 Å². The molecule has 156 valence electrons. The summed E-state index contributed by atoms with van der Waals surface area (Å²) in [6.45, 7) is -0.672. The summed E-state index contributed by atoms with van der Waals surface area (Å²) in [6, 6.07) is 7.78. The van der Waals surface area contributed by atoms with Gasteiger partial charge in [-0.3, -0.25) is 4.79 Å². The number of rotatable bonds is 7. The number of sulfonamides is 1. The molecular weight excluding hydrogens is 424 g/mol. The lowest BCUT2D eigenvalue weighted by molar-refractivity contribution is -0.119. The van der Waals surface area contributed by atoms with Crippen molar-refractivity contribution in [1.29, 1.82) is 0 Å². The fourth-order valence-electron chi connectivity index (χ4n) is 2.23. The number of nitrogens with one attached hydrogen (secondary N) is 1. The standard InChI is InChI=1S/C18H19ClN2O7S/c1-21(2)29(25,26)12-5-7-16(27-3)14(9-12)20-17(23)10-28-18(24)13-6-4-11(19)8-15(13)22/h4-9,22H,10H2,1-3H3,(H,20,23).